The molecule has 1 fully saturated rings. The molecule has 1 aliphatic rings. The van der Waals surface area contributed by atoms with E-state index >= 15 is 0 Å². The maximum absolute atomic E-state index is 13.1. The second-order valence-electron chi connectivity index (χ2n) is 7.07. The molecule has 30 heavy (non-hydrogen) atoms. The van der Waals surface area contributed by atoms with E-state index in [0.29, 0.717) is 36.9 Å². The van der Waals surface area contributed by atoms with Crippen LogP contribution in [0.2, 0.25) is 0 Å². The number of carbonyl (C=O) groups excluding carboxylic acids is 1. The topological polar surface area (TPSA) is 92.5 Å². The Bertz CT molecular complexity index is 884. The number of hydrogen-bond donors (Lipinski definition) is 1. The van der Waals surface area contributed by atoms with Gasteiger partial charge in [0, 0.05) is 12.0 Å². The summed E-state index contributed by atoms with van der Waals surface area (Å²) >= 11 is 0. The van der Waals surface area contributed by atoms with Crippen LogP contribution in [0.25, 0.3) is 0 Å². The number of amides is 1. The first-order valence-corrected chi connectivity index (χ1v) is 9.76. The van der Waals surface area contributed by atoms with Crippen molar-refractivity contribution in [2.24, 2.45) is 11.7 Å². The average Bonchev–Trinajstić information content (AvgIpc) is 3.20. The fraction of sp³-hybridized carbons (Fsp3) is 0.409. The van der Waals surface area contributed by atoms with E-state index in [1.54, 1.807) is 6.07 Å². The van der Waals surface area contributed by atoms with Crippen LogP contribution in [0.3, 0.4) is 0 Å². The highest BCUT2D eigenvalue weighted by Gasteiger charge is 2.32. The molecule has 3 rings (SSSR count). The summed E-state index contributed by atoms with van der Waals surface area (Å²) in [6, 6.07) is 9.16. The van der Waals surface area contributed by atoms with E-state index in [9.17, 15) is 4.79 Å². The summed E-state index contributed by atoms with van der Waals surface area (Å²) in [6.07, 6.45) is 0.785. The molecule has 1 saturated heterocycles. The van der Waals surface area contributed by atoms with Gasteiger partial charge in [-0.05, 0) is 30.7 Å². The summed E-state index contributed by atoms with van der Waals surface area (Å²) in [4.78, 5) is 18.6. The summed E-state index contributed by atoms with van der Waals surface area (Å²) < 4.78 is 22.6. The fourth-order valence-electron chi connectivity index (χ4n) is 3.31. The van der Waals surface area contributed by atoms with Crippen LogP contribution in [0.4, 0.5) is 0 Å². The fourth-order valence-corrected chi connectivity index (χ4v) is 3.31. The first kappa shape index (κ1) is 21.7. The second kappa shape index (κ2) is 9.69. The monoisotopic (exact) mass is 416 g/mol. The van der Waals surface area contributed by atoms with Gasteiger partial charge in [0.25, 0.3) is 5.91 Å². The predicted octanol–water partition coefficient (Wildman–Crippen LogP) is 3.03. The van der Waals surface area contributed by atoms with Crippen LogP contribution in [0.15, 0.2) is 30.3 Å². The molecule has 0 saturated carbocycles. The Hall–Kier alpha value is -2.97. The zero-order valence-electron chi connectivity index (χ0n) is 17.8. The van der Waals surface area contributed by atoms with E-state index in [-0.39, 0.29) is 28.9 Å². The molecule has 0 aromatic heterocycles. The standard InChI is InChI=1S/C22H28N2O6/c1-14-12-24(29-13-14)22(25)17-11-18(20(27-3)21(28-4)19(17)26-2)30-16-7-5-15(6-8-16)9-10-23/h5-8,11,14H,9-10,12-13,23H2,1-4H3. The van der Waals surface area contributed by atoms with Crippen LogP contribution in [0.1, 0.15) is 22.8 Å². The highest BCUT2D eigenvalue weighted by atomic mass is 16.7. The SMILES string of the molecule is COc1c(Oc2ccc(CCN)cc2)cc(C(=O)N2CC(C)CO2)c(OC)c1OC. The largest absolute Gasteiger partial charge is 0.492 e. The minimum Gasteiger partial charge on any atom is -0.492 e. The third kappa shape index (κ3) is 4.44. The van der Waals surface area contributed by atoms with Gasteiger partial charge in [0.05, 0.1) is 40.0 Å². The van der Waals surface area contributed by atoms with Gasteiger partial charge in [0.1, 0.15) is 5.75 Å². The highest BCUT2D eigenvalue weighted by Crippen LogP contribution is 2.48. The molecule has 162 valence electrons. The third-order valence-corrected chi connectivity index (χ3v) is 4.80. The lowest BCUT2D eigenvalue weighted by Crippen LogP contribution is -2.27. The lowest BCUT2D eigenvalue weighted by Gasteiger charge is -2.21. The molecule has 1 unspecified atom stereocenters. The highest BCUT2D eigenvalue weighted by molar-refractivity contribution is 5.98. The zero-order valence-corrected chi connectivity index (χ0v) is 17.8. The van der Waals surface area contributed by atoms with Crippen LogP contribution in [-0.4, -0.2) is 52.0 Å². The maximum Gasteiger partial charge on any atom is 0.281 e. The van der Waals surface area contributed by atoms with Crippen LogP contribution in [-0.2, 0) is 11.3 Å². The van der Waals surface area contributed by atoms with Gasteiger partial charge in [-0.2, -0.15) is 0 Å². The number of nitrogens with two attached hydrogens (primary N) is 1. The van der Waals surface area contributed by atoms with E-state index in [1.165, 1.54) is 26.4 Å². The lowest BCUT2D eigenvalue weighted by molar-refractivity contribution is -0.0774. The summed E-state index contributed by atoms with van der Waals surface area (Å²) in [5.41, 5.74) is 6.98. The Balaban J connectivity index is 2.01. The zero-order chi connectivity index (χ0) is 21.7. The molecule has 1 atom stereocenters. The number of nitrogens with zero attached hydrogens (tertiary/aromatic N) is 1. The number of methoxy groups -OCH3 is 3. The Morgan fingerprint density at radius 2 is 1.77 bits per heavy atom. The third-order valence-electron chi connectivity index (χ3n) is 4.80. The Morgan fingerprint density at radius 3 is 2.30 bits per heavy atom. The van der Waals surface area contributed by atoms with Crippen molar-refractivity contribution >= 4 is 5.91 Å². The Morgan fingerprint density at radius 1 is 1.10 bits per heavy atom. The molecule has 2 aromatic carbocycles. The number of carbonyl (C=O) groups is 1. The molecule has 1 amide bonds. The second-order valence-corrected chi connectivity index (χ2v) is 7.07. The van der Waals surface area contributed by atoms with E-state index in [2.05, 4.69) is 0 Å². The van der Waals surface area contributed by atoms with Crippen LogP contribution in [0.5, 0.6) is 28.7 Å². The normalized spacial score (nSPS) is 15.8. The first-order chi connectivity index (χ1) is 14.5. The van der Waals surface area contributed by atoms with Gasteiger partial charge in [-0.3, -0.25) is 9.63 Å². The van der Waals surface area contributed by atoms with Gasteiger partial charge in [-0.1, -0.05) is 19.1 Å². The van der Waals surface area contributed by atoms with Crippen molar-refractivity contribution in [1.82, 2.24) is 5.06 Å². The van der Waals surface area contributed by atoms with Crippen LogP contribution in [0, 0.1) is 5.92 Å². The maximum atomic E-state index is 13.1. The molecule has 1 heterocycles. The number of hydrogen-bond acceptors (Lipinski definition) is 7. The Labute approximate surface area is 176 Å². The van der Waals surface area contributed by atoms with Gasteiger partial charge >= 0.3 is 0 Å². The van der Waals surface area contributed by atoms with Gasteiger partial charge < -0.3 is 24.7 Å². The van der Waals surface area contributed by atoms with E-state index < -0.39 is 0 Å². The molecule has 0 bridgehead atoms. The van der Waals surface area contributed by atoms with Gasteiger partial charge in [0.2, 0.25) is 11.5 Å². The number of benzene rings is 2. The van der Waals surface area contributed by atoms with Crippen molar-refractivity contribution in [3.05, 3.63) is 41.5 Å². The number of rotatable bonds is 8. The number of hydroxylamine groups is 2. The van der Waals surface area contributed by atoms with Crippen molar-refractivity contribution in [1.29, 1.82) is 0 Å². The smallest absolute Gasteiger partial charge is 0.281 e. The van der Waals surface area contributed by atoms with Crippen molar-refractivity contribution in [2.75, 3.05) is 41.0 Å². The van der Waals surface area contributed by atoms with E-state index in [4.69, 9.17) is 29.5 Å². The number of ether oxygens (including phenoxy) is 4. The van der Waals surface area contributed by atoms with E-state index in [0.717, 1.165) is 12.0 Å². The Kier molecular flexibility index (Phi) is 7.02. The van der Waals surface area contributed by atoms with Crippen LogP contribution >= 0.6 is 0 Å². The quantitative estimate of drug-likeness (QED) is 0.707. The van der Waals surface area contributed by atoms with Crippen molar-refractivity contribution in [3.8, 4) is 28.7 Å². The summed E-state index contributed by atoms with van der Waals surface area (Å²) in [6.45, 7) is 3.57. The molecule has 1 aliphatic heterocycles. The predicted molar refractivity (Wildman–Crippen MR) is 112 cm³/mol. The van der Waals surface area contributed by atoms with E-state index in [1.807, 2.05) is 31.2 Å². The average molecular weight is 416 g/mol. The molecular weight excluding hydrogens is 388 g/mol. The lowest BCUT2D eigenvalue weighted by atomic mass is 10.1. The van der Waals surface area contributed by atoms with Crippen molar-refractivity contribution in [3.63, 3.8) is 0 Å². The molecule has 0 spiro atoms. The van der Waals surface area contributed by atoms with Gasteiger partial charge in [0.15, 0.2) is 11.5 Å². The molecule has 0 aliphatic carbocycles. The minimum absolute atomic E-state index is 0.253. The minimum atomic E-state index is -0.333. The molecule has 2 aromatic rings. The molecular formula is C22H28N2O6. The van der Waals surface area contributed by atoms with Gasteiger partial charge in [-0.25, -0.2) is 5.06 Å². The van der Waals surface area contributed by atoms with Crippen molar-refractivity contribution in [2.45, 2.75) is 13.3 Å². The summed E-state index contributed by atoms with van der Waals surface area (Å²) in [7, 11) is 4.45. The molecule has 8 heteroatoms. The molecule has 8 nitrogen and oxygen atoms in total. The van der Waals surface area contributed by atoms with Crippen molar-refractivity contribution < 1.29 is 28.6 Å². The van der Waals surface area contributed by atoms with Gasteiger partial charge in [-0.15, -0.1) is 0 Å². The molecule has 2 N–H and O–H groups in total. The van der Waals surface area contributed by atoms with Crippen LogP contribution < -0.4 is 24.7 Å². The molecule has 0 radical (unpaired) electrons. The first-order valence-electron chi connectivity index (χ1n) is 9.76. The summed E-state index contributed by atoms with van der Waals surface area (Å²) in [5, 5.41) is 1.33. The summed E-state index contributed by atoms with van der Waals surface area (Å²) in [5.74, 6) is 1.69.